The topological polar surface area (TPSA) is 59.1 Å². The molecule has 21 heavy (non-hydrogen) atoms. The predicted molar refractivity (Wildman–Crippen MR) is 87.4 cm³/mol. The SMILES string of the molecule is CCOc1ccccc1NC(=S)NCc1cnc(C)cn1. The number of hydrogen-bond donors (Lipinski definition) is 2. The van der Waals surface area contributed by atoms with Gasteiger partial charge >= 0.3 is 0 Å². The average Bonchev–Trinajstić information content (AvgIpc) is 2.49. The van der Waals surface area contributed by atoms with Gasteiger partial charge in [-0.25, -0.2) is 0 Å². The van der Waals surface area contributed by atoms with Crippen molar-refractivity contribution >= 4 is 23.0 Å². The summed E-state index contributed by atoms with van der Waals surface area (Å²) in [5.41, 5.74) is 2.57. The summed E-state index contributed by atoms with van der Waals surface area (Å²) < 4.78 is 5.54. The molecule has 6 heteroatoms. The Morgan fingerprint density at radius 1 is 1.24 bits per heavy atom. The Morgan fingerprint density at radius 3 is 2.76 bits per heavy atom. The van der Waals surface area contributed by atoms with Crippen LogP contribution in [0.3, 0.4) is 0 Å². The first-order valence-corrected chi connectivity index (χ1v) is 7.14. The Labute approximate surface area is 129 Å². The molecule has 0 spiro atoms. The van der Waals surface area contributed by atoms with Crippen molar-refractivity contribution in [1.82, 2.24) is 15.3 Å². The molecular formula is C15H18N4OS. The second-order valence-corrected chi connectivity index (χ2v) is 4.79. The van der Waals surface area contributed by atoms with Gasteiger partial charge in [0.15, 0.2) is 5.11 Å². The van der Waals surface area contributed by atoms with Crippen LogP contribution < -0.4 is 15.4 Å². The summed E-state index contributed by atoms with van der Waals surface area (Å²) in [6.07, 6.45) is 3.47. The molecule has 1 aromatic carbocycles. The van der Waals surface area contributed by atoms with Crippen LogP contribution in [-0.2, 0) is 6.54 Å². The summed E-state index contributed by atoms with van der Waals surface area (Å²) in [4.78, 5) is 8.46. The van der Waals surface area contributed by atoms with Crippen LogP contribution in [0.2, 0.25) is 0 Å². The third-order valence-corrected chi connectivity index (χ3v) is 2.95. The zero-order valence-electron chi connectivity index (χ0n) is 12.1. The number of benzene rings is 1. The molecule has 2 rings (SSSR count). The zero-order valence-corrected chi connectivity index (χ0v) is 12.9. The zero-order chi connectivity index (χ0) is 15.1. The average molecular weight is 302 g/mol. The van der Waals surface area contributed by atoms with E-state index in [0.717, 1.165) is 22.8 Å². The molecule has 0 radical (unpaired) electrons. The Kier molecular flexibility index (Phi) is 5.45. The van der Waals surface area contributed by atoms with Crippen LogP contribution in [0, 0.1) is 6.92 Å². The van der Waals surface area contributed by atoms with Gasteiger partial charge in [-0.3, -0.25) is 9.97 Å². The van der Waals surface area contributed by atoms with Crippen LogP contribution in [0.15, 0.2) is 36.7 Å². The van der Waals surface area contributed by atoms with Crippen molar-refractivity contribution in [1.29, 1.82) is 0 Å². The van der Waals surface area contributed by atoms with Crippen LogP contribution in [0.5, 0.6) is 5.75 Å². The molecule has 1 aromatic heterocycles. The van der Waals surface area contributed by atoms with Gasteiger partial charge in [0.1, 0.15) is 5.75 Å². The highest BCUT2D eigenvalue weighted by atomic mass is 32.1. The normalized spacial score (nSPS) is 10.0. The van der Waals surface area contributed by atoms with Gasteiger partial charge in [0.05, 0.1) is 36.4 Å². The van der Waals surface area contributed by atoms with Gasteiger partial charge in [-0.05, 0) is 38.2 Å². The van der Waals surface area contributed by atoms with Crippen molar-refractivity contribution in [3.63, 3.8) is 0 Å². The van der Waals surface area contributed by atoms with Crippen molar-refractivity contribution in [2.75, 3.05) is 11.9 Å². The Morgan fingerprint density at radius 2 is 2.05 bits per heavy atom. The highest BCUT2D eigenvalue weighted by molar-refractivity contribution is 7.80. The first-order chi connectivity index (χ1) is 10.2. The third-order valence-electron chi connectivity index (χ3n) is 2.70. The van der Waals surface area contributed by atoms with Crippen molar-refractivity contribution in [2.24, 2.45) is 0 Å². The first kappa shape index (κ1) is 15.2. The molecule has 0 saturated carbocycles. The van der Waals surface area contributed by atoms with E-state index in [1.807, 2.05) is 38.1 Å². The number of anilines is 1. The number of para-hydroxylation sites is 2. The lowest BCUT2D eigenvalue weighted by Crippen LogP contribution is -2.28. The van der Waals surface area contributed by atoms with E-state index in [-0.39, 0.29) is 0 Å². The maximum absolute atomic E-state index is 5.54. The number of nitrogens with zero attached hydrogens (tertiary/aromatic N) is 2. The lowest BCUT2D eigenvalue weighted by molar-refractivity contribution is 0.342. The lowest BCUT2D eigenvalue weighted by Gasteiger charge is -2.13. The lowest BCUT2D eigenvalue weighted by atomic mass is 10.3. The minimum atomic E-state index is 0.518. The molecular weight excluding hydrogens is 284 g/mol. The maximum Gasteiger partial charge on any atom is 0.171 e. The number of hydrogen-bond acceptors (Lipinski definition) is 4. The van der Waals surface area contributed by atoms with E-state index >= 15 is 0 Å². The van der Waals surface area contributed by atoms with Crippen LogP contribution in [-0.4, -0.2) is 21.7 Å². The second-order valence-electron chi connectivity index (χ2n) is 4.39. The summed E-state index contributed by atoms with van der Waals surface area (Å²) in [6.45, 7) is 4.98. The summed E-state index contributed by atoms with van der Waals surface area (Å²) >= 11 is 5.28. The monoisotopic (exact) mass is 302 g/mol. The number of aromatic nitrogens is 2. The molecule has 110 valence electrons. The Balaban J connectivity index is 1.91. The van der Waals surface area contributed by atoms with Gasteiger partial charge in [-0.1, -0.05) is 12.1 Å². The fourth-order valence-corrected chi connectivity index (χ4v) is 1.88. The number of thiocarbonyl (C=S) groups is 1. The minimum Gasteiger partial charge on any atom is -0.492 e. The molecule has 0 amide bonds. The van der Waals surface area contributed by atoms with Gasteiger partial charge in [-0.2, -0.15) is 0 Å². The van der Waals surface area contributed by atoms with Gasteiger partial charge < -0.3 is 15.4 Å². The highest BCUT2D eigenvalue weighted by Gasteiger charge is 2.04. The molecule has 0 aliphatic rings. The molecule has 0 atom stereocenters. The fraction of sp³-hybridized carbons (Fsp3) is 0.267. The predicted octanol–water partition coefficient (Wildman–Crippen LogP) is 2.67. The van der Waals surface area contributed by atoms with Crippen molar-refractivity contribution in [2.45, 2.75) is 20.4 Å². The fourth-order valence-electron chi connectivity index (χ4n) is 1.70. The molecule has 0 aliphatic heterocycles. The molecule has 2 N–H and O–H groups in total. The van der Waals surface area contributed by atoms with Crippen LogP contribution in [0.1, 0.15) is 18.3 Å². The van der Waals surface area contributed by atoms with Gasteiger partial charge in [-0.15, -0.1) is 0 Å². The van der Waals surface area contributed by atoms with Crippen molar-refractivity contribution < 1.29 is 4.74 Å². The third kappa shape index (κ3) is 4.68. The van der Waals surface area contributed by atoms with E-state index in [1.165, 1.54) is 0 Å². The van der Waals surface area contributed by atoms with E-state index in [4.69, 9.17) is 17.0 Å². The van der Waals surface area contributed by atoms with Crippen LogP contribution in [0.4, 0.5) is 5.69 Å². The number of aryl methyl sites for hydroxylation is 1. The molecule has 0 unspecified atom stereocenters. The van der Waals surface area contributed by atoms with E-state index in [0.29, 0.717) is 18.3 Å². The Bertz CT molecular complexity index is 601. The summed E-state index contributed by atoms with van der Waals surface area (Å²) in [6, 6.07) is 7.68. The van der Waals surface area contributed by atoms with Crippen LogP contribution >= 0.6 is 12.2 Å². The van der Waals surface area contributed by atoms with Gasteiger partial charge in [0, 0.05) is 6.20 Å². The van der Waals surface area contributed by atoms with E-state index in [2.05, 4.69) is 20.6 Å². The number of rotatable bonds is 5. The molecule has 0 saturated heterocycles. The minimum absolute atomic E-state index is 0.518. The van der Waals surface area contributed by atoms with Gasteiger partial charge in [0.25, 0.3) is 0 Å². The largest absolute Gasteiger partial charge is 0.492 e. The van der Waals surface area contributed by atoms with Gasteiger partial charge in [0.2, 0.25) is 0 Å². The maximum atomic E-state index is 5.54. The standard InChI is InChI=1S/C15H18N4OS/c1-3-20-14-7-5-4-6-13(14)19-15(21)18-10-12-9-16-11(2)8-17-12/h4-9H,3,10H2,1-2H3,(H2,18,19,21). The molecule has 0 fully saturated rings. The highest BCUT2D eigenvalue weighted by Crippen LogP contribution is 2.23. The molecule has 1 heterocycles. The smallest absolute Gasteiger partial charge is 0.171 e. The van der Waals surface area contributed by atoms with E-state index in [9.17, 15) is 0 Å². The number of nitrogens with one attached hydrogen (secondary N) is 2. The summed E-state index contributed by atoms with van der Waals surface area (Å²) in [5.74, 6) is 0.777. The summed E-state index contributed by atoms with van der Waals surface area (Å²) in [5, 5.41) is 6.74. The second kappa shape index (κ2) is 7.54. The van der Waals surface area contributed by atoms with E-state index in [1.54, 1.807) is 12.4 Å². The Hall–Kier alpha value is -2.21. The number of ether oxygens (including phenoxy) is 1. The molecule has 0 bridgehead atoms. The molecule has 2 aromatic rings. The van der Waals surface area contributed by atoms with Crippen molar-refractivity contribution in [3.05, 3.63) is 48.0 Å². The van der Waals surface area contributed by atoms with E-state index < -0.39 is 0 Å². The molecule has 5 nitrogen and oxygen atoms in total. The van der Waals surface area contributed by atoms with Crippen LogP contribution in [0.25, 0.3) is 0 Å². The first-order valence-electron chi connectivity index (χ1n) is 6.73. The quantitative estimate of drug-likeness (QED) is 0.828. The molecule has 0 aliphatic carbocycles. The summed E-state index contributed by atoms with van der Waals surface area (Å²) in [7, 11) is 0. The van der Waals surface area contributed by atoms with Crippen molar-refractivity contribution in [3.8, 4) is 5.75 Å².